The van der Waals surface area contributed by atoms with E-state index in [0.717, 1.165) is 60.2 Å². The minimum Gasteiger partial charge on any atom is -0.393 e. The monoisotopic (exact) mass is 374 g/mol. The molecule has 0 spiro atoms. The zero-order valence-electron chi connectivity index (χ0n) is 18.6. The summed E-state index contributed by atoms with van der Waals surface area (Å²) in [5.74, 6) is 7.75. The molecule has 1 N–H and O–H groups in total. The summed E-state index contributed by atoms with van der Waals surface area (Å²) in [7, 11) is 0. The maximum Gasteiger partial charge on any atom is 0.0543 e. The van der Waals surface area contributed by atoms with Crippen LogP contribution in [-0.4, -0.2) is 11.2 Å². The van der Waals surface area contributed by atoms with Crippen molar-refractivity contribution < 1.29 is 5.11 Å². The lowest BCUT2D eigenvalue weighted by molar-refractivity contribution is -0.109. The van der Waals surface area contributed by atoms with Crippen LogP contribution in [0.15, 0.2) is 0 Å². The van der Waals surface area contributed by atoms with Crippen LogP contribution in [0.5, 0.6) is 0 Å². The third kappa shape index (κ3) is 3.76. The van der Waals surface area contributed by atoms with Crippen LogP contribution in [0.1, 0.15) is 105 Å². The zero-order valence-corrected chi connectivity index (χ0v) is 18.6. The predicted octanol–water partition coefficient (Wildman–Crippen LogP) is 7.08. The lowest BCUT2D eigenvalue weighted by Crippen LogP contribution is -2.52. The summed E-state index contributed by atoms with van der Waals surface area (Å²) in [5, 5.41) is 10.2. The molecule has 27 heavy (non-hydrogen) atoms. The first-order chi connectivity index (χ1) is 12.9. The van der Waals surface area contributed by atoms with Crippen molar-refractivity contribution in [1.29, 1.82) is 0 Å². The molecule has 4 fully saturated rings. The van der Waals surface area contributed by atoms with Crippen LogP contribution in [0, 0.1) is 52.8 Å². The van der Waals surface area contributed by atoms with Gasteiger partial charge >= 0.3 is 0 Å². The van der Waals surface area contributed by atoms with Gasteiger partial charge < -0.3 is 5.11 Å². The van der Waals surface area contributed by atoms with Gasteiger partial charge in [-0.25, -0.2) is 0 Å². The SMILES string of the molecule is CC(C)CCC[C@H](C)C1CCC2C1CCC1C2CCC2C[C@@H](O)CC[C@@]21C. The van der Waals surface area contributed by atoms with E-state index in [1.165, 1.54) is 64.2 Å². The lowest BCUT2D eigenvalue weighted by Gasteiger charge is -2.59. The zero-order chi connectivity index (χ0) is 19.2. The van der Waals surface area contributed by atoms with Crippen LogP contribution in [0.2, 0.25) is 0 Å². The Morgan fingerprint density at radius 1 is 0.852 bits per heavy atom. The summed E-state index contributed by atoms with van der Waals surface area (Å²) < 4.78 is 0. The van der Waals surface area contributed by atoms with E-state index in [2.05, 4.69) is 27.7 Å². The van der Waals surface area contributed by atoms with Gasteiger partial charge in [-0.15, -0.1) is 0 Å². The van der Waals surface area contributed by atoms with Crippen molar-refractivity contribution >= 4 is 0 Å². The Labute approximate surface area is 169 Å². The molecule has 0 radical (unpaired) electrons. The molecule has 1 nitrogen and oxygen atoms in total. The third-order valence-corrected chi connectivity index (χ3v) is 10.2. The molecule has 4 saturated carbocycles. The molecule has 0 bridgehead atoms. The summed E-state index contributed by atoms with van der Waals surface area (Å²) >= 11 is 0. The number of aliphatic hydroxyl groups is 1. The molecule has 4 aliphatic rings. The maximum absolute atomic E-state index is 10.2. The molecule has 1 heteroatoms. The van der Waals surface area contributed by atoms with E-state index in [4.69, 9.17) is 0 Å². The molecule has 6 unspecified atom stereocenters. The van der Waals surface area contributed by atoms with E-state index in [0.29, 0.717) is 5.41 Å². The second-order valence-corrected chi connectivity index (χ2v) is 11.9. The molecule has 156 valence electrons. The van der Waals surface area contributed by atoms with Crippen LogP contribution in [0.3, 0.4) is 0 Å². The van der Waals surface area contributed by atoms with Crippen LogP contribution in [-0.2, 0) is 0 Å². The van der Waals surface area contributed by atoms with E-state index in [1.54, 1.807) is 0 Å². The number of rotatable bonds is 5. The van der Waals surface area contributed by atoms with Crippen molar-refractivity contribution in [2.45, 2.75) is 111 Å². The highest BCUT2D eigenvalue weighted by Gasteiger charge is 2.56. The molecule has 0 aromatic rings. The van der Waals surface area contributed by atoms with Gasteiger partial charge in [-0.3, -0.25) is 0 Å². The molecular formula is C26H46O. The first kappa shape index (κ1) is 20.2. The highest BCUT2D eigenvalue weighted by molar-refractivity contribution is 5.06. The summed E-state index contributed by atoms with van der Waals surface area (Å²) in [6, 6.07) is 0. The van der Waals surface area contributed by atoms with Crippen molar-refractivity contribution in [2.24, 2.45) is 52.8 Å². The van der Waals surface area contributed by atoms with Gasteiger partial charge in [-0.2, -0.15) is 0 Å². The van der Waals surface area contributed by atoms with Gasteiger partial charge in [0.25, 0.3) is 0 Å². The summed E-state index contributed by atoms with van der Waals surface area (Å²) in [6.45, 7) is 9.96. The van der Waals surface area contributed by atoms with Crippen molar-refractivity contribution in [3.05, 3.63) is 0 Å². The quantitative estimate of drug-likeness (QED) is 0.545. The van der Waals surface area contributed by atoms with E-state index in [-0.39, 0.29) is 6.10 Å². The molecule has 0 heterocycles. The maximum atomic E-state index is 10.2. The average molecular weight is 375 g/mol. The van der Waals surface area contributed by atoms with Crippen molar-refractivity contribution in [1.82, 2.24) is 0 Å². The molecule has 0 amide bonds. The summed E-state index contributed by atoms with van der Waals surface area (Å²) in [4.78, 5) is 0. The standard InChI is InChI=1S/C26H46O/c1-17(2)6-5-7-18(3)21-10-11-23-22(21)12-13-25-24(23)9-8-19-16-20(27)14-15-26(19,25)4/h17-25,27H,5-16H2,1-4H3/t18-,19?,20-,21?,22?,23?,24?,25?,26-/m0/s1. The van der Waals surface area contributed by atoms with Crippen LogP contribution in [0.4, 0.5) is 0 Å². The van der Waals surface area contributed by atoms with Crippen molar-refractivity contribution in [2.75, 3.05) is 0 Å². The van der Waals surface area contributed by atoms with Crippen molar-refractivity contribution in [3.8, 4) is 0 Å². The number of hydrogen-bond acceptors (Lipinski definition) is 1. The largest absolute Gasteiger partial charge is 0.393 e. The molecule has 0 aliphatic heterocycles. The second kappa shape index (κ2) is 8.00. The Hall–Kier alpha value is -0.0400. The molecule has 4 aliphatic carbocycles. The van der Waals surface area contributed by atoms with Gasteiger partial charge in [0.05, 0.1) is 6.10 Å². The average Bonchev–Trinajstić information content (AvgIpc) is 3.06. The van der Waals surface area contributed by atoms with E-state index in [1.807, 2.05) is 0 Å². The van der Waals surface area contributed by atoms with Gasteiger partial charge in [0.2, 0.25) is 0 Å². The Bertz CT molecular complexity index is 498. The van der Waals surface area contributed by atoms with E-state index < -0.39 is 0 Å². The lowest BCUT2D eigenvalue weighted by atomic mass is 9.47. The number of hydrogen-bond donors (Lipinski definition) is 1. The first-order valence-corrected chi connectivity index (χ1v) is 12.6. The summed E-state index contributed by atoms with van der Waals surface area (Å²) in [5.41, 5.74) is 0.550. The molecule has 0 saturated heterocycles. The Morgan fingerprint density at radius 2 is 1.59 bits per heavy atom. The molecule has 0 aromatic carbocycles. The van der Waals surface area contributed by atoms with Gasteiger partial charge in [0.15, 0.2) is 0 Å². The minimum absolute atomic E-state index is 0.00138. The fourth-order valence-corrected chi connectivity index (χ4v) is 8.70. The molecule has 4 rings (SSSR count). The van der Waals surface area contributed by atoms with Gasteiger partial charge in [-0.05, 0) is 111 Å². The van der Waals surface area contributed by atoms with Gasteiger partial charge in [0.1, 0.15) is 0 Å². The Balaban J connectivity index is 1.40. The smallest absolute Gasteiger partial charge is 0.0543 e. The molecule has 9 atom stereocenters. The summed E-state index contributed by atoms with van der Waals surface area (Å²) in [6.07, 6.45) is 16.8. The minimum atomic E-state index is -0.00138. The number of fused-ring (bicyclic) bond motifs is 5. The van der Waals surface area contributed by atoms with Crippen LogP contribution in [0.25, 0.3) is 0 Å². The van der Waals surface area contributed by atoms with Crippen molar-refractivity contribution in [3.63, 3.8) is 0 Å². The van der Waals surface area contributed by atoms with Crippen LogP contribution < -0.4 is 0 Å². The predicted molar refractivity (Wildman–Crippen MR) is 114 cm³/mol. The van der Waals surface area contributed by atoms with E-state index in [9.17, 15) is 5.11 Å². The van der Waals surface area contributed by atoms with Gasteiger partial charge in [-0.1, -0.05) is 47.0 Å². The first-order valence-electron chi connectivity index (χ1n) is 12.6. The number of aliphatic hydroxyl groups excluding tert-OH is 1. The normalized spacial score (nSPS) is 48.0. The van der Waals surface area contributed by atoms with Gasteiger partial charge in [0, 0.05) is 0 Å². The van der Waals surface area contributed by atoms with E-state index >= 15 is 0 Å². The third-order valence-electron chi connectivity index (χ3n) is 10.2. The van der Waals surface area contributed by atoms with Crippen LogP contribution >= 0.6 is 0 Å². The molecular weight excluding hydrogens is 328 g/mol. The highest BCUT2D eigenvalue weighted by atomic mass is 16.3. The topological polar surface area (TPSA) is 20.2 Å². The fourth-order valence-electron chi connectivity index (χ4n) is 8.70. The second-order valence-electron chi connectivity index (χ2n) is 11.9. The highest BCUT2D eigenvalue weighted by Crippen LogP contribution is 2.64. The fraction of sp³-hybridized carbons (Fsp3) is 1.00. The Kier molecular flexibility index (Phi) is 6.00. The molecule has 0 aromatic heterocycles. The Morgan fingerprint density at radius 3 is 2.37 bits per heavy atom.